The van der Waals surface area contributed by atoms with Crippen LogP contribution >= 0.6 is 11.6 Å². The molecule has 0 spiro atoms. The van der Waals surface area contributed by atoms with Gasteiger partial charge in [-0.25, -0.2) is 4.79 Å². The summed E-state index contributed by atoms with van der Waals surface area (Å²) in [6.07, 6.45) is -0.550. The number of anilines is 3. The average Bonchev–Trinajstić information content (AvgIpc) is 2.52. The molecule has 2 rings (SSSR count). The van der Waals surface area contributed by atoms with Crippen LogP contribution in [0.2, 0.25) is 5.02 Å². The molecule has 0 aliphatic heterocycles. The van der Waals surface area contributed by atoms with Crippen LogP contribution in [0.25, 0.3) is 0 Å². The predicted octanol–water partition coefficient (Wildman–Crippen LogP) is 4.66. The second-order valence-corrected chi connectivity index (χ2v) is 4.77. The number of methoxy groups -OCH3 is 1. The summed E-state index contributed by atoms with van der Waals surface area (Å²) < 4.78 is 10.1. The molecule has 5 nitrogen and oxygen atoms in total. The molecule has 22 heavy (non-hydrogen) atoms. The van der Waals surface area contributed by atoms with Gasteiger partial charge in [0, 0.05) is 6.07 Å². The van der Waals surface area contributed by atoms with Crippen LogP contribution in [0.3, 0.4) is 0 Å². The highest BCUT2D eigenvalue weighted by molar-refractivity contribution is 6.33. The first-order valence-corrected chi connectivity index (χ1v) is 7.15. The lowest BCUT2D eigenvalue weighted by molar-refractivity contribution is 0.187. The Kier molecular flexibility index (Phi) is 5.49. The summed E-state index contributed by atoms with van der Waals surface area (Å²) in [6.45, 7) is 2.46. The molecular weight excluding hydrogens is 304 g/mol. The van der Waals surface area contributed by atoms with Crippen LogP contribution in [-0.4, -0.2) is 19.8 Å². The minimum Gasteiger partial charge on any atom is -0.494 e. The van der Waals surface area contributed by atoms with Crippen LogP contribution in [0.4, 0.5) is 21.9 Å². The Labute approximate surface area is 134 Å². The van der Waals surface area contributed by atoms with Gasteiger partial charge in [-0.15, -0.1) is 0 Å². The number of ether oxygens (including phenoxy) is 2. The Balaban J connectivity index is 2.34. The maximum atomic E-state index is 11.4. The lowest BCUT2D eigenvalue weighted by atomic mass is 10.2. The molecule has 0 saturated carbocycles. The fraction of sp³-hybridized carbons (Fsp3) is 0.188. The summed E-state index contributed by atoms with van der Waals surface area (Å²) in [6, 6.07) is 12.6. The van der Waals surface area contributed by atoms with E-state index in [1.54, 1.807) is 24.3 Å². The van der Waals surface area contributed by atoms with E-state index in [1.165, 1.54) is 7.11 Å². The fourth-order valence-electron chi connectivity index (χ4n) is 1.86. The maximum Gasteiger partial charge on any atom is 0.411 e. The topological polar surface area (TPSA) is 59.6 Å². The van der Waals surface area contributed by atoms with E-state index in [0.717, 1.165) is 5.69 Å². The van der Waals surface area contributed by atoms with Crippen molar-refractivity contribution in [1.82, 2.24) is 0 Å². The van der Waals surface area contributed by atoms with Crippen molar-refractivity contribution in [3.63, 3.8) is 0 Å². The van der Waals surface area contributed by atoms with E-state index in [9.17, 15) is 4.79 Å². The molecule has 2 aromatic carbocycles. The Morgan fingerprint density at radius 1 is 1.14 bits per heavy atom. The average molecular weight is 321 g/mol. The molecule has 0 aliphatic carbocycles. The minimum absolute atomic E-state index is 0.550. The smallest absolute Gasteiger partial charge is 0.411 e. The molecule has 1 amide bonds. The van der Waals surface area contributed by atoms with Crippen LogP contribution < -0.4 is 15.4 Å². The zero-order valence-electron chi connectivity index (χ0n) is 12.4. The molecule has 116 valence electrons. The van der Waals surface area contributed by atoms with Crippen LogP contribution in [0.1, 0.15) is 6.92 Å². The number of hydrogen-bond acceptors (Lipinski definition) is 4. The summed E-state index contributed by atoms with van der Waals surface area (Å²) in [5.41, 5.74) is 1.95. The third-order valence-electron chi connectivity index (χ3n) is 2.87. The molecule has 0 aromatic heterocycles. The second kappa shape index (κ2) is 7.56. The van der Waals surface area contributed by atoms with E-state index < -0.39 is 6.09 Å². The number of nitrogens with one attached hydrogen (secondary N) is 2. The predicted molar refractivity (Wildman–Crippen MR) is 88.4 cm³/mol. The molecule has 0 bridgehead atoms. The second-order valence-electron chi connectivity index (χ2n) is 4.36. The van der Waals surface area contributed by atoms with Gasteiger partial charge >= 0.3 is 6.09 Å². The van der Waals surface area contributed by atoms with Gasteiger partial charge in [0.05, 0.1) is 35.8 Å². The van der Waals surface area contributed by atoms with Crippen molar-refractivity contribution in [2.45, 2.75) is 6.92 Å². The maximum absolute atomic E-state index is 11.4. The standard InChI is InChI=1S/C16H17ClN2O3/c1-3-22-11-8-9-14(19-16(20)21-2)15(10-11)18-13-7-5-4-6-12(13)17/h4-10,18H,3H2,1-2H3,(H,19,20). The summed E-state index contributed by atoms with van der Waals surface area (Å²) >= 11 is 6.15. The summed E-state index contributed by atoms with van der Waals surface area (Å²) in [5.74, 6) is 0.687. The van der Waals surface area contributed by atoms with Crippen molar-refractivity contribution >= 4 is 34.8 Å². The van der Waals surface area contributed by atoms with Gasteiger partial charge in [-0.2, -0.15) is 0 Å². The molecule has 0 atom stereocenters. The Morgan fingerprint density at radius 3 is 2.59 bits per heavy atom. The van der Waals surface area contributed by atoms with Crippen LogP contribution in [0, 0.1) is 0 Å². The highest BCUT2D eigenvalue weighted by Crippen LogP contribution is 2.32. The molecule has 0 heterocycles. The van der Waals surface area contributed by atoms with E-state index in [4.69, 9.17) is 16.3 Å². The van der Waals surface area contributed by atoms with E-state index >= 15 is 0 Å². The lowest BCUT2D eigenvalue weighted by Gasteiger charge is -2.15. The van der Waals surface area contributed by atoms with E-state index in [1.807, 2.05) is 25.1 Å². The van der Waals surface area contributed by atoms with Crippen LogP contribution in [-0.2, 0) is 4.74 Å². The number of carbonyl (C=O) groups excluding carboxylic acids is 1. The van der Waals surface area contributed by atoms with Crippen LogP contribution in [0.15, 0.2) is 42.5 Å². The molecular formula is C16H17ClN2O3. The third kappa shape index (κ3) is 4.05. The van der Waals surface area contributed by atoms with E-state index in [2.05, 4.69) is 15.4 Å². The summed E-state index contributed by atoms with van der Waals surface area (Å²) in [5, 5.41) is 6.41. The first-order chi connectivity index (χ1) is 10.6. The van der Waals surface area contributed by atoms with Crippen molar-refractivity contribution in [3.05, 3.63) is 47.5 Å². The number of amides is 1. The number of carbonyl (C=O) groups is 1. The summed E-state index contributed by atoms with van der Waals surface area (Å²) in [4.78, 5) is 11.4. The quantitative estimate of drug-likeness (QED) is 0.841. The molecule has 0 fully saturated rings. The molecule has 0 unspecified atom stereocenters. The van der Waals surface area contributed by atoms with Gasteiger partial charge in [0.15, 0.2) is 0 Å². The minimum atomic E-state index is -0.550. The highest BCUT2D eigenvalue weighted by atomic mass is 35.5. The van der Waals surface area contributed by atoms with Gasteiger partial charge in [0.2, 0.25) is 0 Å². The van der Waals surface area contributed by atoms with Gasteiger partial charge < -0.3 is 14.8 Å². The van der Waals surface area contributed by atoms with Gasteiger partial charge in [-0.05, 0) is 31.2 Å². The van der Waals surface area contributed by atoms with E-state index in [0.29, 0.717) is 28.8 Å². The van der Waals surface area contributed by atoms with E-state index in [-0.39, 0.29) is 0 Å². The van der Waals surface area contributed by atoms with Crippen molar-refractivity contribution < 1.29 is 14.3 Å². The molecule has 0 aliphatic rings. The number of para-hydroxylation sites is 1. The van der Waals surface area contributed by atoms with Gasteiger partial charge in [-0.3, -0.25) is 5.32 Å². The lowest BCUT2D eigenvalue weighted by Crippen LogP contribution is -2.12. The van der Waals surface area contributed by atoms with Crippen LogP contribution in [0.5, 0.6) is 5.75 Å². The Hall–Kier alpha value is -2.40. The first kappa shape index (κ1) is 16.0. The zero-order valence-corrected chi connectivity index (χ0v) is 13.1. The number of halogens is 1. The van der Waals surface area contributed by atoms with Gasteiger partial charge in [0.1, 0.15) is 5.75 Å². The molecule has 0 radical (unpaired) electrons. The molecule has 6 heteroatoms. The largest absolute Gasteiger partial charge is 0.494 e. The first-order valence-electron chi connectivity index (χ1n) is 6.77. The molecule has 2 N–H and O–H groups in total. The van der Waals surface area contributed by atoms with Crippen molar-refractivity contribution in [3.8, 4) is 5.75 Å². The van der Waals surface area contributed by atoms with Gasteiger partial charge in [-0.1, -0.05) is 23.7 Å². The third-order valence-corrected chi connectivity index (χ3v) is 3.20. The van der Waals surface area contributed by atoms with Gasteiger partial charge in [0.25, 0.3) is 0 Å². The number of benzene rings is 2. The zero-order chi connectivity index (χ0) is 15.9. The SMILES string of the molecule is CCOc1ccc(NC(=O)OC)c(Nc2ccccc2Cl)c1. The fourth-order valence-corrected chi connectivity index (χ4v) is 2.04. The van der Waals surface area contributed by atoms with Crippen molar-refractivity contribution in [1.29, 1.82) is 0 Å². The number of hydrogen-bond donors (Lipinski definition) is 2. The Morgan fingerprint density at radius 2 is 1.91 bits per heavy atom. The van der Waals surface area contributed by atoms with Crippen molar-refractivity contribution in [2.75, 3.05) is 24.4 Å². The normalized spacial score (nSPS) is 9.95. The van der Waals surface area contributed by atoms with Crippen molar-refractivity contribution in [2.24, 2.45) is 0 Å². The summed E-state index contributed by atoms with van der Waals surface area (Å²) in [7, 11) is 1.31. The Bertz CT molecular complexity index is 662. The molecule has 2 aromatic rings. The number of rotatable bonds is 5. The highest BCUT2D eigenvalue weighted by Gasteiger charge is 2.10. The molecule has 0 saturated heterocycles. The monoisotopic (exact) mass is 320 g/mol.